The molecular formula is C18H26OS. The highest BCUT2D eigenvalue weighted by Gasteiger charge is 2.62. The summed E-state index contributed by atoms with van der Waals surface area (Å²) in [5, 5.41) is 11.1. The van der Waals surface area contributed by atoms with Crippen molar-refractivity contribution >= 4 is 11.3 Å². The molecule has 0 aromatic carbocycles. The molecule has 4 fully saturated rings. The summed E-state index contributed by atoms with van der Waals surface area (Å²) in [6.45, 7) is 7.11. The largest absolute Gasteiger partial charge is 0.387 e. The van der Waals surface area contributed by atoms with Crippen LogP contribution in [0.5, 0.6) is 0 Å². The lowest BCUT2D eigenvalue weighted by Crippen LogP contribution is -2.56. The number of hydrogen-bond donors (Lipinski definition) is 1. The summed E-state index contributed by atoms with van der Waals surface area (Å²) >= 11 is 1.79. The van der Waals surface area contributed by atoms with E-state index in [1.807, 2.05) is 0 Å². The zero-order valence-electron chi connectivity index (χ0n) is 12.9. The number of rotatable bonds is 2. The van der Waals surface area contributed by atoms with E-state index in [9.17, 15) is 5.11 Å². The SMILES string of the molecule is Cc1ccc(C(O)C23CC4CC(C)(CC(C)(C4)C2)C3)s1. The minimum atomic E-state index is -0.233. The van der Waals surface area contributed by atoms with Gasteiger partial charge in [-0.1, -0.05) is 13.8 Å². The fourth-order valence-corrected chi connectivity index (χ4v) is 7.75. The third-order valence-corrected chi connectivity index (χ3v) is 7.33. The molecule has 4 saturated carbocycles. The maximum absolute atomic E-state index is 11.1. The minimum Gasteiger partial charge on any atom is -0.387 e. The summed E-state index contributed by atoms with van der Waals surface area (Å²) in [6, 6.07) is 4.32. The van der Waals surface area contributed by atoms with E-state index >= 15 is 0 Å². The molecule has 3 unspecified atom stereocenters. The molecule has 0 saturated heterocycles. The molecule has 1 aromatic heterocycles. The maximum atomic E-state index is 11.1. The van der Waals surface area contributed by atoms with Gasteiger partial charge in [-0.2, -0.15) is 0 Å². The molecule has 4 bridgehead atoms. The van der Waals surface area contributed by atoms with Crippen molar-refractivity contribution in [1.82, 2.24) is 0 Å². The second kappa shape index (κ2) is 3.89. The van der Waals surface area contributed by atoms with Gasteiger partial charge in [0.1, 0.15) is 0 Å². The summed E-state index contributed by atoms with van der Waals surface area (Å²) < 4.78 is 0. The van der Waals surface area contributed by atoms with E-state index in [4.69, 9.17) is 0 Å². The summed E-state index contributed by atoms with van der Waals surface area (Å²) in [6.07, 6.45) is 7.70. The van der Waals surface area contributed by atoms with Crippen LogP contribution in [0.15, 0.2) is 12.1 Å². The summed E-state index contributed by atoms with van der Waals surface area (Å²) in [5.41, 5.74) is 1.14. The van der Waals surface area contributed by atoms with Gasteiger partial charge in [0.15, 0.2) is 0 Å². The van der Waals surface area contributed by atoms with Gasteiger partial charge in [0.2, 0.25) is 0 Å². The van der Waals surface area contributed by atoms with Gasteiger partial charge in [0.25, 0.3) is 0 Å². The maximum Gasteiger partial charge on any atom is 0.0938 e. The summed E-state index contributed by atoms with van der Waals surface area (Å²) in [5.74, 6) is 0.858. The van der Waals surface area contributed by atoms with Crippen molar-refractivity contribution < 1.29 is 5.11 Å². The van der Waals surface area contributed by atoms with Crippen molar-refractivity contribution in [3.8, 4) is 0 Å². The van der Waals surface area contributed by atoms with Crippen LogP contribution in [0, 0.1) is 29.1 Å². The van der Waals surface area contributed by atoms with E-state index in [1.54, 1.807) is 11.3 Å². The van der Waals surface area contributed by atoms with Crippen molar-refractivity contribution in [2.24, 2.45) is 22.2 Å². The highest BCUT2D eigenvalue weighted by Crippen LogP contribution is 2.72. The monoisotopic (exact) mass is 290 g/mol. The molecule has 20 heavy (non-hydrogen) atoms. The van der Waals surface area contributed by atoms with Crippen LogP contribution in [0.1, 0.15) is 68.2 Å². The first-order valence-electron chi connectivity index (χ1n) is 8.06. The number of aliphatic hydroxyl groups excluding tert-OH is 1. The number of aliphatic hydroxyl groups is 1. The van der Waals surface area contributed by atoms with Crippen molar-refractivity contribution in [1.29, 1.82) is 0 Å². The van der Waals surface area contributed by atoms with Crippen molar-refractivity contribution in [2.45, 2.75) is 65.4 Å². The molecule has 0 spiro atoms. The van der Waals surface area contributed by atoms with Crippen LogP contribution in [0.25, 0.3) is 0 Å². The number of aryl methyl sites for hydroxylation is 1. The van der Waals surface area contributed by atoms with E-state index in [2.05, 4.69) is 32.9 Å². The van der Waals surface area contributed by atoms with Crippen molar-refractivity contribution in [3.63, 3.8) is 0 Å². The fraction of sp³-hybridized carbons (Fsp3) is 0.778. The zero-order valence-corrected chi connectivity index (χ0v) is 13.7. The van der Waals surface area contributed by atoms with Crippen LogP contribution in [-0.4, -0.2) is 5.11 Å². The predicted octanol–water partition coefficient (Wildman–Crippen LogP) is 5.09. The molecule has 1 nitrogen and oxygen atoms in total. The average Bonchev–Trinajstić information content (AvgIpc) is 2.69. The van der Waals surface area contributed by atoms with Gasteiger partial charge in [-0.05, 0) is 74.3 Å². The normalized spacial score (nSPS) is 47.7. The van der Waals surface area contributed by atoms with Gasteiger partial charge in [-0.25, -0.2) is 0 Å². The molecule has 5 rings (SSSR count). The molecule has 0 aliphatic heterocycles. The van der Waals surface area contributed by atoms with Gasteiger partial charge in [0.05, 0.1) is 6.10 Å². The van der Waals surface area contributed by atoms with Crippen molar-refractivity contribution in [3.05, 3.63) is 21.9 Å². The van der Waals surface area contributed by atoms with E-state index in [1.165, 1.54) is 48.3 Å². The second-order valence-corrected chi connectivity index (χ2v) is 10.2. The van der Waals surface area contributed by atoms with E-state index in [0.29, 0.717) is 10.8 Å². The Labute approximate surface area is 126 Å². The summed E-state index contributed by atoms with van der Waals surface area (Å²) in [7, 11) is 0. The molecule has 4 aliphatic rings. The first-order valence-corrected chi connectivity index (χ1v) is 8.88. The van der Waals surface area contributed by atoms with Crippen LogP contribution in [0.3, 0.4) is 0 Å². The van der Waals surface area contributed by atoms with E-state index < -0.39 is 0 Å². The van der Waals surface area contributed by atoms with Gasteiger partial charge >= 0.3 is 0 Å². The van der Waals surface area contributed by atoms with Crippen LogP contribution < -0.4 is 0 Å². The van der Waals surface area contributed by atoms with Gasteiger partial charge in [-0.15, -0.1) is 11.3 Å². The van der Waals surface area contributed by atoms with E-state index in [-0.39, 0.29) is 11.5 Å². The minimum absolute atomic E-state index is 0.167. The number of hydrogen-bond acceptors (Lipinski definition) is 2. The van der Waals surface area contributed by atoms with E-state index in [0.717, 1.165) is 5.92 Å². The molecule has 0 amide bonds. The Kier molecular flexibility index (Phi) is 2.60. The molecule has 4 aliphatic carbocycles. The smallest absolute Gasteiger partial charge is 0.0938 e. The first-order chi connectivity index (χ1) is 9.32. The van der Waals surface area contributed by atoms with Crippen LogP contribution in [0.2, 0.25) is 0 Å². The van der Waals surface area contributed by atoms with Gasteiger partial charge in [0, 0.05) is 15.2 Å². The lowest BCUT2D eigenvalue weighted by molar-refractivity contribution is -0.186. The van der Waals surface area contributed by atoms with Crippen LogP contribution >= 0.6 is 11.3 Å². The molecule has 110 valence electrons. The van der Waals surface area contributed by atoms with Crippen LogP contribution in [0.4, 0.5) is 0 Å². The molecule has 2 heteroatoms. The Hall–Kier alpha value is -0.340. The fourth-order valence-electron chi connectivity index (χ4n) is 6.74. The molecule has 1 N–H and O–H groups in total. The Bertz CT molecular complexity index is 527. The third-order valence-electron chi connectivity index (χ3n) is 6.28. The molecule has 0 radical (unpaired) electrons. The second-order valence-electron chi connectivity index (χ2n) is 8.84. The quantitative estimate of drug-likeness (QED) is 0.804. The summed E-state index contributed by atoms with van der Waals surface area (Å²) in [4.78, 5) is 2.53. The average molecular weight is 290 g/mol. The third kappa shape index (κ3) is 1.84. The van der Waals surface area contributed by atoms with Crippen LogP contribution in [-0.2, 0) is 0 Å². The first kappa shape index (κ1) is 13.3. The lowest BCUT2D eigenvalue weighted by atomic mass is 9.39. The highest BCUT2D eigenvalue weighted by atomic mass is 32.1. The Morgan fingerprint density at radius 3 is 2.25 bits per heavy atom. The Morgan fingerprint density at radius 1 is 1.10 bits per heavy atom. The Balaban J connectivity index is 1.73. The topological polar surface area (TPSA) is 20.2 Å². The highest BCUT2D eigenvalue weighted by molar-refractivity contribution is 7.12. The Morgan fingerprint density at radius 2 is 1.75 bits per heavy atom. The molecule has 3 atom stereocenters. The molecule has 1 heterocycles. The predicted molar refractivity (Wildman–Crippen MR) is 83.9 cm³/mol. The van der Waals surface area contributed by atoms with Gasteiger partial charge in [-0.3, -0.25) is 0 Å². The van der Waals surface area contributed by atoms with Crippen molar-refractivity contribution in [2.75, 3.05) is 0 Å². The van der Waals surface area contributed by atoms with Gasteiger partial charge < -0.3 is 5.11 Å². The molecule has 1 aromatic rings. The molecular weight excluding hydrogens is 264 g/mol. The number of thiophene rings is 1. The standard InChI is InChI=1S/C18H26OS/c1-12-4-5-14(20-12)15(19)18-8-13-6-16(2,10-18)9-17(3,7-13)11-18/h4-5,13,15,19H,6-11H2,1-3H3. The zero-order chi connectivity index (χ0) is 14.2. The lowest BCUT2D eigenvalue weighted by Gasteiger charge is -2.66.